The minimum absolute atomic E-state index is 0.0104. The van der Waals surface area contributed by atoms with Crippen LogP contribution in [0.15, 0.2) is 36.7 Å². The lowest BCUT2D eigenvalue weighted by atomic mass is 10.2. The van der Waals surface area contributed by atoms with Crippen molar-refractivity contribution in [2.45, 2.75) is 26.8 Å². The van der Waals surface area contributed by atoms with Gasteiger partial charge in [-0.3, -0.25) is 9.69 Å². The van der Waals surface area contributed by atoms with Gasteiger partial charge in [0.2, 0.25) is 5.91 Å². The number of halogens is 1. The first-order valence-corrected chi connectivity index (χ1v) is 6.97. The molecule has 1 aromatic heterocycles. The third kappa shape index (κ3) is 2.80. The van der Waals surface area contributed by atoms with Crippen molar-refractivity contribution in [2.24, 2.45) is 0 Å². The zero-order valence-electron chi connectivity index (χ0n) is 11.5. The van der Waals surface area contributed by atoms with Crippen LogP contribution in [0.5, 0.6) is 0 Å². The second-order valence-corrected chi connectivity index (χ2v) is 4.47. The first-order chi connectivity index (χ1) is 9.75. The van der Waals surface area contributed by atoms with E-state index in [1.165, 1.54) is 6.33 Å². The number of amides is 1. The number of hydrogen-bond donors (Lipinski definition) is 0. The molecule has 2 aromatic rings. The first-order valence-electron chi connectivity index (χ1n) is 6.59. The molecule has 5 heteroatoms. The highest BCUT2D eigenvalue weighted by Gasteiger charge is 2.30. The van der Waals surface area contributed by atoms with Crippen LogP contribution in [0, 0.1) is 0 Å². The van der Waals surface area contributed by atoms with Crippen molar-refractivity contribution < 1.29 is 4.79 Å². The molecule has 2 heterocycles. The van der Waals surface area contributed by atoms with Crippen LogP contribution in [0.25, 0.3) is 0 Å². The Kier molecular flexibility index (Phi) is 4.69. The molecule has 0 unspecified atom stereocenters. The first kappa shape index (κ1) is 14.5. The Balaban J connectivity index is 0.000000704. The van der Waals surface area contributed by atoms with Gasteiger partial charge < -0.3 is 0 Å². The van der Waals surface area contributed by atoms with Crippen LogP contribution in [0.2, 0.25) is 5.15 Å². The molecule has 3 rings (SSSR count). The van der Waals surface area contributed by atoms with Gasteiger partial charge in [0.15, 0.2) is 0 Å². The number of fused-ring (bicyclic) bond motifs is 1. The fourth-order valence-electron chi connectivity index (χ4n) is 2.06. The van der Waals surface area contributed by atoms with Crippen LogP contribution >= 0.6 is 11.6 Å². The highest BCUT2D eigenvalue weighted by Crippen LogP contribution is 2.31. The molecule has 4 nitrogen and oxygen atoms in total. The van der Waals surface area contributed by atoms with E-state index >= 15 is 0 Å². The van der Waals surface area contributed by atoms with Gasteiger partial charge in [0.05, 0.1) is 13.0 Å². The summed E-state index contributed by atoms with van der Waals surface area (Å²) >= 11 is 5.97. The smallest absolute Gasteiger partial charge is 0.233 e. The van der Waals surface area contributed by atoms with E-state index in [-0.39, 0.29) is 12.3 Å². The molecular formula is C15H16ClN3O. The van der Waals surface area contributed by atoms with Gasteiger partial charge >= 0.3 is 0 Å². The van der Waals surface area contributed by atoms with Gasteiger partial charge in [-0.15, -0.1) is 0 Å². The van der Waals surface area contributed by atoms with Gasteiger partial charge in [0.25, 0.3) is 0 Å². The molecule has 0 fully saturated rings. The van der Waals surface area contributed by atoms with Crippen LogP contribution < -0.4 is 4.90 Å². The average molecular weight is 290 g/mol. The summed E-state index contributed by atoms with van der Waals surface area (Å²) in [5, 5.41) is 0.365. The van der Waals surface area contributed by atoms with Crippen molar-refractivity contribution in [1.82, 2.24) is 9.97 Å². The van der Waals surface area contributed by atoms with Crippen LogP contribution in [0.3, 0.4) is 0 Å². The monoisotopic (exact) mass is 289 g/mol. The molecule has 0 spiro atoms. The molecule has 0 radical (unpaired) electrons. The highest BCUT2D eigenvalue weighted by atomic mass is 35.5. The van der Waals surface area contributed by atoms with E-state index < -0.39 is 0 Å². The molecule has 0 bridgehead atoms. The summed E-state index contributed by atoms with van der Waals surface area (Å²) in [4.78, 5) is 21.7. The quantitative estimate of drug-likeness (QED) is 0.797. The van der Waals surface area contributed by atoms with Gasteiger partial charge in [-0.1, -0.05) is 55.8 Å². The standard InChI is InChI=1S/C13H10ClN3O.C2H6/c14-12-10-6-11(18)17(13(10)16-8-15-12)7-9-4-2-1-3-5-9;1-2/h1-5,8H,6-7H2;1-2H3. The third-order valence-electron chi connectivity index (χ3n) is 2.94. The lowest BCUT2D eigenvalue weighted by Gasteiger charge is -2.16. The zero-order chi connectivity index (χ0) is 14.5. The zero-order valence-corrected chi connectivity index (χ0v) is 12.3. The molecule has 0 saturated heterocycles. The molecule has 1 aliphatic rings. The van der Waals surface area contributed by atoms with Crippen LogP contribution in [0.4, 0.5) is 5.82 Å². The van der Waals surface area contributed by atoms with Crippen molar-refractivity contribution in [1.29, 1.82) is 0 Å². The van der Waals surface area contributed by atoms with Crippen LogP contribution in [0.1, 0.15) is 25.0 Å². The van der Waals surface area contributed by atoms with E-state index in [9.17, 15) is 4.79 Å². The summed E-state index contributed by atoms with van der Waals surface area (Å²) in [6.45, 7) is 4.51. The van der Waals surface area contributed by atoms with Gasteiger partial charge in [0, 0.05) is 5.56 Å². The predicted octanol–water partition coefficient (Wildman–Crippen LogP) is 3.25. The lowest BCUT2D eigenvalue weighted by Crippen LogP contribution is -2.26. The van der Waals surface area contributed by atoms with E-state index in [4.69, 9.17) is 11.6 Å². The maximum Gasteiger partial charge on any atom is 0.233 e. The minimum atomic E-state index is 0.0104. The second-order valence-electron chi connectivity index (χ2n) is 4.11. The van der Waals surface area contributed by atoms with Crippen molar-refractivity contribution in [2.75, 3.05) is 4.90 Å². The van der Waals surface area contributed by atoms with Crippen molar-refractivity contribution in [3.05, 3.63) is 52.9 Å². The molecule has 1 amide bonds. The van der Waals surface area contributed by atoms with Gasteiger partial charge in [-0.25, -0.2) is 9.97 Å². The van der Waals surface area contributed by atoms with Crippen LogP contribution in [-0.2, 0) is 17.8 Å². The largest absolute Gasteiger partial charge is 0.292 e. The SMILES string of the molecule is CC.O=C1Cc2c(Cl)ncnc2N1Cc1ccccc1. The van der Waals surface area contributed by atoms with Crippen molar-refractivity contribution >= 4 is 23.3 Å². The van der Waals surface area contributed by atoms with Crippen LogP contribution in [-0.4, -0.2) is 15.9 Å². The van der Waals surface area contributed by atoms with E-state index in [0.717, 1.165) is 11.1 Å². The molecule has 1 aliphatic heterocycles. The maximum atomic E-state index is 12.0. The topological polar surface area (TPSA) is 46.1 Å². The molecule has 104 valence electrons. The Morgan fingerprint density at radius 2 is 1.90 bits per heavy atom. The Morgan fingerprint density at radius 3 is 2.60 bits per heavy atom. The number of aromatic nitrogens is 2. The number of anilines is 1. The summed E-state index contributed by atoms with van der Waals surface area (Å²) in [5.74, 6) is 0.639. The Bertz CT molecular complexity index is 601. The summed E-state index contributed by atoms with van der Waals surface area (Å²) < 4.78 is 0. The second kappa shape index (κ2) is 6.48. The van der Waals surface area contributed by atoms with Crippen molar-refractivity contribution in [3.8, 4) is 0 Å². The Morgan fingerprint density at radius 1 is 1.20 bits per heavy atom. The van der Waals surface area contributed by atoms with E-state index in [2.05, 4.69) is 9.97 Å². The number of hydrogen-bond acceptors (Lipinski definition) is 3. The number of benzene rings is 1. The number of nitrogens with zero attached hydrogens (tertiary/aromatic N) is 3. The highest BCUT2D eigenvalue weighted by molar-refractivity contribution is 6.31. The van der Waals surface area contributed by atoms with Crippen molar-refractivity contribution in [3.63, 3.8) is 0 Å². The molecule has 1 aromatic carbocycles. The Labute approximate surface area is 123 Å². The maximum absolute atomic E-state index is 12.0. The predicted molar refractivity (Wildman–Crippen MR) is 79.7 cm³/mol. The molecular weight excluding hydrogens is 274 g/mol. The molecule has 0 N–H and O–H groups in total. The fourth-order valence-corrected chi connectivity index (χ4v) is 2.26. The Hall–Kier alpha value is -1.94. The molecule has 0 aliphatic carbocycles. The van der Waals surface area contributed by atoms with Gasteiger partial charge in [-0.05, 0) is 5.56 Å². The molecule has 0 atom stereocenters. The average Bonchev–Trinajstić information content (AvgIpc) is 2.81. The summed E-state index contributed by atoms with van der Waals surface area (Å²) in [6, 6.07) is 9.80. The summed E-state index contributed by atoms with van der Waals surface area (Å²) in [5.41, 5.74) is 1.79. The molecule has 0 saturated carbocycles. The van der Waals surface area contributed by atoms with Gasteiger partial charge in [0.1, 0.15) is 17.3 Å². The summed E-state index contributed by atoms with van der Waals surface area (Å²) in [7, 11) is 0. The lowest BCUT2D eigenvalue weighted by molar-refractivity contribution is -0.117. The van der Waals surface area contributed by atoms with Gasteiger partial charge in [-0.2, -0.15) is 0 Å². The van der Waals surface area contributed by atoms with E-state index in [1.54, 1.807) is 4.90 Å². The minimum Gasteiger partial charge on any atom is -0.292 e. The molecule has 20 heavy (non-hydrogen) atoms. The number of carbonyl (C=O) groups excluding carboxylic acids is 1. The number of rotatable bonds is 2. The normalized spacial score (nSPS) is 12.8. The van der Waals surface area contributed by atoms with E-state index in [0.29, 0.717) is 17.5 Å². The third-order valence-corrected chi connectivity index (χ3v) is 3.26. The number of carbonyl (C=O) groups is 1. The fraction of sp³-hybridized carbons (Fsp3) is 0.267. The van der Waals surface area contributed by atoms with E-state index in [1.807, 2.05) is 44.2 Å². The summed E-state index contributed by atoms with van der Waals surface area (Å²) in [6.07, 6.45) is 1.67.